The molecule has 2 heterocycles. The number of hydrogen-bond acceptors (Lipinski definition) is 5. The molecule has 2 aliphatic heterocycles. The first kappa shape index (κ1) is 16.2. The van der Waals surface area contributed by atoms with Gasteiger partial charge in [0.2, 0.25) is 0 Å². The van der Waals surface area contributed by atoms with Gasteiger partial charge in [0.05, 0.1) is 33.5 Å². The highest BCUT2D eigenvalue weighted by Gasteiger charge is 2.72. The summed E-state index contributed by atoms with van der Waals surface area (Å²) in [6, 6.07) is 4.07. The summed E-state index contributed by atoms with van der Waals surface area (Å²) in [6.07, 6.45) is 1.67. The van der Waals surface area contributed by atoms with Crippen LogP contribution in [0.2, 0.25) is 0 Å². The fourth-order valence-corrected chi connectivity index (χ4v) is 4.73. The fraction of sp³-hybridized carbons (Fsp3) is 0.684. The number of methoxy groups -OCH3 is 2. The number of hydrogen-bond donors (Lipinski definition) is 0. The zero-order valence-electron chi connectivity index (χ0n) is 15.1. The number of aryl methyl sites for hydroxylation is 1. The maximum atomic E-state index is 6.34. The van der Waals surface area contributed by atoms with Crippen LogP contribution in [0.25, 0.3) is 0 Å². The van der Waals surface area contributed by atoms with Crippen LogP contribution in [0.5, 0.6) is 11.5 Å². The van der Waals surface area contributed by atoms with E-state index >= 15 is 0 Å². The Hall–Kier alpha value is -1.30. The molecule has 5 heteroatoms. The van der Waals surface area contributed by atoms with Crippen molar-refractivity contribution in [3.05, 3.63) is 23.3 Å². The molecule has 1 aromatic carbocycles. The molecule has 1 spiro atoms. The summed E-state index contributed by atoms with van der Waals surface area (Å²) in [5, 5.41) is 0. The maximum absolute atomic E-state index is 6.34. The molecule has 1 saturated carbocycles. The lowest BCUT2D eigenvalue weighted by Gasteiger charge is -2.41. The van der Waals surface area contributed by atoms with Crippen molar-refractivity contribution in [3.8, 4) is 11.5 Å². The van der Waals surface area contributed by atoms with Crippen molar-refractivity contribution in [2.75, 3.05) is 27.4 Å². The van der Waals surface area contributed by atoms with Gasteiger partial charge in [-0.2, -0.15) is 0 Å². The molecular formula is C19H26O5. The Morgan fingerprint density at radius 2 is 1.67 bits per heavy atom. The molecule has 4 rings (SSSR count). The van der Waals surface area contributed by atoms with Gasteiger partial charge in [-0.05, 0) is 30.0 Å². The Balaban J connectivity index is 1.81. The van der Waals surface area contributed by atoms with E-state index < -0.39 is 11.4 Å². The minimum Gasteiger partial charge on any atom is -0.496 e. The van der Waals surface area contributed by atoms with Gasteiger partial charge in [-0.3, -0.25) is 0 Å². The molecule has 5 nitrogen and oxygen atoms in total. The quantitative estimate of drug-likeness (QED) is 0.795. The Kier molecular flexibility index (Phi) is 3.44. The SMILES string of the molecule is COc1cc([C@@]23CC4(CC(C)(C)[C@@H]2O3)OCCO4)c(OC)cc1C. The van der Waals surface area contributed by atoms with Crippen LogP contribution in [0.15, 0.2) is 12.1 Å². The monoisotopic (exact) mass is 334 g/mol. The van der Waals surface area contributed by atoms with Crippen LogP contribution in [-0.4, -0.2) is 39.3 Å². The Bertz CT molecular complexity index is 662. The predicted molar refractivity (Wildman–Crippen MR) is 88.5 cm³/mol. The summed E-state index contributed by atoms with van der Waals surface area (Å²) in [5.41, 5.74) is 1.61. The van der Waals surface area contributed by atoms with Crippen molar-refractivity contribution < 1.29 is 23.7 Å². The lowest BCUT2D eigenvalue weighted by molar-refractivity contribution is -0.199. The molecule has 1 aromatic rings. The molecule has 0 amide bonds. The van der Waals surface area contributed by atoms with Crippen LogP contribution in [0.1, 0.15) is 37.8 Å². The second kappa shape index (κ2) is 5.10. The number of benzene rings is 1. The number of rotatable bonds is 3. The largest absolute Gasteiger partial charge is 0.496 e. The lowest BCUT2D eigenvalue weighted by atomic mass is 9.67. The van der Waals surface area contributed by atoms with Crippen molar-refractivity contribution in [2.24, 2.45) is 5.41 Å². The molecule has 24 heavy (non-hydrogen) atoms. The summed E-state index contributed by atoms with van der Waals surface area (Å²) in [4.78, 5) is 0. The maximum Gasteiger partial charge on any atom is 0.172 e. The van der Waals surface area contributed by atoms with Gasteiger partial charge in [-0.1, -0.05) is 13.8 Å². The average Bonchev–Trinajstić information content (AvgIpc) is 3.13. The molecule has 0 N–H and O–H groups in total. The molecule has 0 aromatic heterocycles. The van der Waals surface area contributed by atoms with Gasteiger partial charge >= 0.3 is 0 Å². The third kappa shape index (κ3) is 2.18. The summed E-state index contributed by atoms with van der Waals surface area (Å²) in [5.74, 6) is 1.13. The molecule has 132 valence electrons. The Labute approximate surface area is 143 Å². The number of epoxide rings is 1. The normalized spacial score (nSPS) is 32.5. The van der Waals surface area contributed by atoms with E-state index in [0.717, 1.165) is 29.0 Å². The van der Waals surface area contributed by atoms with Crippen LogP contribution in [0.3, 0.4) is 0 Å². The smallest absolute Gasteiger partial charge is 0.172 e. The second-order valence-electron chi connectivity index (χ2n) is 7.86. The van der Waals surface area contributed by atoms with Crippen LogP contribution < -0.4 is 9.47 Å². The Morgan fingerprint density at radius 3 is 2.29 bits per heavy atom. The third-order valence-corrected chi connectivity index (χ3v) is 5.65. The van der Waals surface area contributed by atoms with Crippen molar-refractivity contribution in [3.63, 3.8) is 0 Å². The van der Waals surface area contributed by atoms with Crippen molar-refractivity contribution in [1.82, 2.24) is 0 Å². The molecule has 0 unspecified atom stereocenters. The van der Waals surface area contributed by atoms with Gasteiger partial charge in [0.1, 0.15) is 17.1 Å². The van der Waals surface area contributed by atoms with E-state index in [1.165, 1.54) is 0 Å². The van der Waals surface area contributed by atoms with Crippen LogP contribution in [0.4, 0.5) is 0 Å². The molecule has 2 saturated heterocycles. The highest BCUT2D eigenvalue weighted by molar-refractivity contribution is 5.51. The lowest BCUT2D eigenvalue weighted by Crippen LogP contribution is -2.47. The molecular weight excluding hydrogens is 308 g/mol. The van der Waals surface area contributed by atoms with Crippen LogP contribution >= 0.6 is 0 Å². The number of ether oxygens (including phenoxy) is 5. The van der Waals surface area contributed by atoms with Crippen molar-refractivity contribution in [1.29, 1.82) is 0 Å². The van der Waals surface area contributed by atoms with Gasteiger partial charge in [0.25, 0.3) is 0 Å². The minimum absolute atomic E-state index is 0.0360. The van der Waals surface area contributed by atoms with E-state index in [1.54, 1.807) is 14.2 Å². The van der Waals surface area contributed by atoms with E-state index in [9.17, 15) is 0 Å². The van der Waals surface area contributed by atoms with Gasteiger partial charge in [-0.15, -0.1) is 0 Å². The summed E-state index contributed by atoms with van der Waals surface area (Å²) >= 11 is 0. The molecule has 0 bridgehead atoms. The summed E-state index contributed by atoms with van der Waals surface area (Å²) < 4.78 is 29.6. The second-order valence-corrected chi connectivity index (χ2v) is 7.86. The summed E-state index contributed by atoms with van der Waals surface area (Å²) in [7, 11) is 3.39. The van der Waals surface area contributed by atoms with E-state index in [4.69, 9.17) is 23.7 Å². The fourth-order valence-electron chi connectivity index (χ4n) is 4.73. The first-order valence-corrected chi connectivity index (χ1v) is 8.55. The van der Waals surface area contributed by atoms with E-state index in [-0.39, 0.29) is 11.5 Å². The topological polar surface area (TPSA) is 49.5 Å². The standard InChI is InChI=1S/C19H26O5/c1-12-8-15(21-5)13(9-14(12)20-4)19-11-18(22-6-7-23-18)10-17(2,3)16(19)24-19/h8-9,16H,6-7,10-11H2,1-5H3/t16-,19-/m0/s1. The molecule has 3 aliphatic rings. The minimum atomic E-state index is -0.556. The van der Waals surface area contributed by atoms with E-state index in [1.807, 2.05) is 13.0 Å². The zero-order chi connectivity index (χ0) is 17.2. The first-order chi connectivity index (χ1) is 11.4. The number of fused-ring (bicyclic) bond motifs is 1. The van der Waals surface area contributed by atoms with Gasteiger partial charge in [0, 0.05) is 18.4 Å². The average molecular weight is 334 g/mol. The van der Waals surface area contributed by atoms with Gasteiger partial charge < -0.3 is 23.7 Å². The van der Waals surface area contributed by atoms with Gasteiger partial charge in [0.15, 0.2) is 5.79 Å². The first-order valence-electron chi connectivity index (χ1n) is 8.55. The third-order valence-electron chi connectivity index (χ3n) is 5.65. The summed E-state index contributed by atoms with van der Waals surface area (Å²) in [6.45, 7) is 7.76. The molecule has 1 aliphatic carbocycles. The highest BCUT2D eigenvalue weighted by Crippen LogP contribution is 2.67. The molecule has 2 atom stereocenters. The molecule has 3 fully saturated rings. The predicted octanol–water partition coefficient (Wildman–Crippen LogP) is 3.17. The van der Waals surface area contributed by atoms with Crippen molar-refractivity contribution >= 4 is 0 Å². The van der Waals surface area contributed by atoms with Crippen molar-refractivity contribution in [2.45, 2.75) is 51.1 Å². The Morgan fingerprint density at radius 1 is 1.00 bits per heavy atom. The van der Waals surface area contributed by atoms with E-state index in [2.05, 4.69) is 19.9 Å². The highest BCUT2D eigenvalue weighted by atomic mass is 16.7. The molecule has 0 radical (unpaired) electrons. The van der Waals surface area contributed by atoms with Crippen LogP contribution in [-0.2, 0) is 19.8 Å². The zero-order valence-corrected chi connectivity index (χ0v) is 15.1. The van der Waals surface area contributed by atoms with Gasteiger partial charge in [-0.25, -0.2) is 0 Å². The van der Waals surface area contributed by atoms with E-state index in [0.29, 0.717) is 19.6 Å². The van der Waals surface area contributed by atoms with Crippen LogP contribution in [0, 0.1) is 12.3 Å².